The Bertz CT molecular complexity index is 845. The predicted molar refractivity (Wildman–Crippen MR) is 111 cm³/mol. The molecule has 0 aromatic heterocycles. The quantitative estimate of drug-likeness (QED) is 0.584. The van der Waals surface area contributed by atoms with Crippen molar-refractivity contribution in [2.45, 2.75) is 26.5 Å². The summed E-state index contributed by atoms with van der Waals surface area (Å²) in [5, 5.41) is 5.42. The molecule has 0 aliphatic rings. The Labute approximate surface area is 171 Å². The van der Waals surface area contributed by atoms with Gasteiger partial charge in [0.2, 0.25) is 0 Å². The van der Waals surface area contributed by atoms with Gasteiger partial charge in [-0.3, -0.25) is 9.59 Å². The number of nitrogens with one attached hydrogen (secondary N) is 3. The van der Waals surface area contributed by atoms with Gasteiger partial charge in [-0.15, -0.1) is 0 Å². The SMILES string of the molecule is CNC(=O)c1ccc(C[NH+](C)CC(=O)Nc2ccc(C(=O)OC(C)C)cc2)cc1. The number of likely N-dealkylation sites (N-methyl/N-ethyl adjacent to an activating group) is 1. The highest BCUT2D eigenvalue weighted by atomic mass is 16.5. The van der Waals surface area contributed by atoms with Crippen molar-refractivity contribution in [3.63, 3.8) is 0 Å². The van der Waals surface area contributed by atoms with Crippen LogP contribution in [0.15, 0.2) is 48.5 Å². The third-order valence-electron chi connectivity index (χ3n) is 4.16. The van der Waals surface area contributed by atoms with E-state index in [-0.39, 0.29) is 30.4 Å². The van der Waals surface area contributed by atoms with Crippen LogP contribution in [0.3, 0.4) is 0 Å². The maximum Gasteiger partial charge on any atom is 0.338 e. The van der Waals surface area contributed by atoms with Crippen molar-refractivity contribution in [2.75, 3.05) is 26.0 Å². The van der Waals surface area contributed by atoms with Gasteiger partial charge in [0.1, 0.15) is 6.54 Å². The molecule has 2 aromatic rings. The molecule has 2 rings (SSSR count). The zero-order chi connectivity index (χ0) is 21.4. The number of hydrogen-bond donors (Lipinski definition) is 3. The molecular formula is C22H28N3O4+. The smallest absolute Gasteiger partial charge is 0.338 e. The van der Waals surface area contributed by atoms with Crippen LogP contribution in [0.1, 0.15) is 40.1 Å². The summed E-state index contributed by atoms with van der Waals surface area (Å²) in [7, 11) is 3.52. The van der Waals surface area contributed by atoms with Gasteiger partial charge in [-0.2, -0.15) is 0 Å². The molecule has 0 radical (unpaired) electrons. The summed E-state index contributed by atoms with van der Waals surface area (Å²) in [6.45, 7) is 4.53. The first kappa shape index (κ1) is 22.1. The zero-order valence-corrected chi connectivity index (χ0v) is 17.2. The van der Waals surface area contributed by atoms with E-state index in [0.29, 0.717) is 23.4 Å². The molecule has 29 heavy (non-hydrogen) atoms. The minimum atomic E-state index is -0.385. The van der Waals surface area contributed by atoms with Crippen LogP contribution in [0.4, 0.5) is 5.69 Å². The molecule has 0 spiro atoms. The third kappa shape index (κ3) is 7.04. The molecule has 1 atom stereocenters. The Morgan fingerprint density at radius 3 is 2.10 bits per heavy atom. The number of amides is 2. The second kappa shape index (κ2) is 10.4. The van der Waals surface area contributed by atoms with E-state index in [1.54, 1.807) is 57.3 Å². The van der Waals surface area contributed by atoms with Crippen molar-refractivity contribution in [3.8, 4) is 0 Å². The zero-order valence-electron chi connectivity index (χ0n) is 17.2. The molecule has 0 aliphatic carbocycles. The van der Waals surface area contributed by atoms with Gasteiger partial charge < -0.3 is 20.3 Å². The average Bonchev–Trinajstić information content (AvgIpc) is 2.67. The van der Waals surface area contributed by atoms with Gasteiger partial charge in [0, 0.05) is 23.9 Å². The van der Waals surface area contributed by atoms with Crippen LogP contribution in [0.2, 0.25) is 0 Å². The van der Waals surface area contributed by atoms with Crippen molar-refractivity contribution in [1.29, 1.82) is 0 Å². The molecule has 7 heteroatoms. The normalized spacial score (nSPS) is 11.6. The standard InChI is InChI=1S/C22H27N3O4/c1-15(2)29-22(28)18-9-11-19(12-10-18)24-20(26)14-25(4)13-16-5-7-17(8-6-16)21(27)23-3/h5-12,15H,13-14H2,1-4H3,(H,23,27)(H,24,26)/p+1. The molecule has 0 heterocycles. The van der Waals surface area contributed by atoms with Crippen molar-refractivity contribution in [1.82, 2.24) is 5.32 Å². The van der Waals surface area contributed by atoms with Crippen LogP contribution in [-0.2, 0) is 16.1 Å². The Balaban J connectivity index is 1.85. The number of rotatable bonds is 8. The van der Waals surface area contributed by atoms with Gasteiger partial charge in [-0.25, -0.2) is 4.79 Å². The molecule has 0 fully saturated rings. The Morgan fingerprint density at radius 1 is 0.966 bits per heavy atom. The molecule has 0 saturated carbocycles. The number of esters is 1. The minimum Gasteiger partial charge on any atom is -0.459 e. The summed E-state index contributed by atoms with van der Waals surface area (Å²) in [5.74, 6) is -0.633. The van der Waals surface area contributed by atoms with Crippen molar-refractivity contribution >= 4 is 23.5 Å². The van der Waals surface area contributed by atoms with Gasteiger partial charge in [0.15, 0.2) is 6.54 Å². The third-order valence-corrected chi connectivity index (χ3v) is 4.16. The number of anilines is 1. The molecule has 3 N–H and O–H groups in total. The molecule has 7 nitrogen and oxygen atoms in total. The lowest BCUT2D eigenvalue weighted by atomic mass is 10.1. The second-order valence-electron chi connectivity index (χ2n) is 7.17. The van der Waals surface area contributed by atoms with E-state index in [1.165, 1.54) is 0 Å². The van der Waals surface area contributed by atoms with E-state index in [9.17, 15) is 14.4 Å². The number of carbonyl (C=O) groups is 3. The Kier molecular flexibility index (Phi) is 7.91. The van der Waals surface area contributed by atoms with Crippen LogP contribution in [0.25, 0.3) is 0 Å². The maximum absolute atomic E-state index is 12.3. The first-order chi connectivity index (χ1) is 13.8. The number of hydrogen-bond acceptors (Lipinski definition) is 4. The van der Waals surface area contributed by atoms with Crippen LogP contribution in [0.5, 0.6) is 0 Å². The second-order valence-corrected chi connectivity index (χ2v) is 7.17. The molecular weight excluding hydrogens is 370 g/mol. The van der Waals surface area contributed by atoms with Gasteiger partial charge in [0.05, 0.1) is 18.7 Å². The first-order valence-corrected chi connectivity index (χ1v) is 9.51. The van der Waals surface area contributed by atoms with Crippen LogP contribution in [0, 0.1) is 0 Å². The molecule has 2 aromatic carbocycles. The van der Waals surface area contributed by atoms with E-state index in [0.717, 1.165) is 10.5 Å². The van der Waals surface area contributed by atoms with Crippen LogP contribution >= 0.6 is 0 Å². The number of carbonyl (C=O) groups excluding carboxylic acids is 3. The summed E-state index contributed by atoms with van der Waals surface area (Å²) in [5.41, 5.74) is 2.71. The Morgan fingerprint density at radius 2 is 1.55 bits per heavy atom. The fourth-order valence-corrected chi connectivity index (χ4v) is 2.78. The summed E-state index contributed by atoms with van der Waals surface area (Å²) in [6, 6.07) is 13.9. The lowest BCUT2D eigenvalue weighted by molar-refractivity contribution is -0.885. The topological polar surface area (TPSA) is 88.9 Å². The largest absolute Gasteiger partial charge is 0.459 e. The first-order valence-electron chi connectivity index (χ1n) is 9.51. The van der Waals surface area contributed by atoms with E-state index in [2.05, 4.69) is 10.6 Å². The monoisotopic (exact) mass is 398 g/mol. The van der Waals surface area contributed by atoms with Gasteiger partial charge >= 0.3 is 5.97 Å². The van der Waals surface area contributed by atoms with E-state index < -0.39 is 0 Å². The highest BCUT2D eigenvalue weighted by Crippen LogP contribution is 2.11. The molecule has 1 unspecified atom stereocenters. The highest BCUT2D eigenvalue weighted by Gasteiger charge is 2.13. The highest BCUT2D eigenvalue weighted by molar-refractivity contribution is 5.94. The Hall–Kier alpha value is -3.19. The summed E-state index contributed by atoms with van der Waals surface area (Å²) in [6.07, 6.45) is -0.180. The van der Waals surface area contributed by atoms with Crippen LogP contribution < -0.4 is 15.5 Å². The van der Waals surface area contributed by atoms with Gasteiger partial charge in [0.25, 0.3) is 11.8 Å². The molecule has 0 bridgehead atoms. The lowest BCUT2D eigenvalue weighted by Gasteiger charge is -2.14. The summed E-state index contributed by atoms with van der Waals surface area (Å²) in [4.78, 5) is 36.7. The maximum atomic E-state index is 12.3. The molecule has 0 saturated heterocycles. The molecule has 154 valence electrons. The van der Waals surface area contributed by atoms with E-state index in [4.69, 9.17) is 4.74 Å². The number of ether oxygens (including phenoxy) is 1. The molecule has 2 amide bonds. The van der Waals surface area contributed by atoms with Crippen molar-refractivity contribution < 1.29 is 24.0 Å². The van der Waals surface area contributed by atoms with Crippen LogP contribution in [-0.4, -0.2) is 44.5 Å². The van der Waals surface area contributed by atoms with E-state index >= 15 is 0 Å². The lowest BCUT2D eigenvalue weighted by Crippen LogP contribution is -3.08. The summed E-state index contributed by atoms with van der Waals surface area (Å²) < 4.78 is 5.14. The van der Waals surface area contributed by atoms with Gasteiger partial charge in [-0.05, 0) is 50.2 Å². The fourth-order valence-electron chi connectivity index (χ4n) is 2.78. The fraction of sp³-hybridized carbons (Fsp3) is 0.318. The van der Waals surface area contributed by atoms with E-state index in [1.807, 2.05) is 19.2 Å². The predicted octanol–water partition coefficient (Wildman–Crippen LogP) is 1.26. The minimum absolute atomic E-state index is 0.123. The van der Waals surface area contributed by atoms with Crippen molar-refractivity contribution in [2.24, 2.45) is 0 Å². The van der Waals surface area contributed by atoms with Crippen molar-refractivity contribution in [3.05, 3.63) is 65.2 Å². The molecule has 0 aliphatic heterocycles. The van der Waals surface area contributed by atoms with Gasteiger partial charge in [-0.1, -0.05) is 12.1 Å². The number of quaternary nitrogens is 1. The summed E-state index contributed by atoms with van der Waals surface area (Å²) >= 11 is 0. The number of benzene rings is 2. The average molecular weight is 398 g/mol.